The van der Waals surface area contributed by atoms with Gasteiger partial charge in [-0.2, -0.15) is 0 Å². The van der Waals surface area contributed by atoms with Crippen LogP contribution in [0, 0.1) is 0 Å². The molecule has 1 unspecified atom stereocenters. The predicted molar refractivity (Wildman–Crippen MR) is 61.1 cm³/mol. The topological polar surface area (TPSA) is 48.1 Å². The predicted octanol–water partition coefficient (Wildman–Crippen LogP) is 2.20. The fourth-order valence-corrected chi connectivity index (χ4v) is 2.00. The van der Waals surface area contributed by atoms with E-state index in [1.165, 1.54) is 0 Å². The maximum atomic E-state index is 6.08. The lowest BCUT2D eigenvalue weighted by Crippen LogP contribution is -2.09. The van der Waals surface area contributed by atoms with Crippen molar-refractivity contribution >= 4 is 11.3 Å². The van der Waals surface area contributed by atoms with E-state index < -0.39 is 0 Å². The van der Waals surface area contributed by atoms with Gasteiger partial charge < -0.3 is 10.5 Å². The summed E-state index contributed by atoms with van der Waals surface area (Å²) in [6, 6.07) is 7.68. The average Bonchev–Trinajstić information content (AvgIpc) is 2.82. The quantitative estimate of drug-likeness (QED) is 0.862. The molecule has 0 aliphatic rings. The highest BCUT2D eigenvalue weighted by Gasteiger charge is 2.09. The molecule has 15 heavy (non-hydrogen) atoms. The standard InChI is InChI=1S/C11H12N2OS/c1-14-9-4-2-8(3-5-9)11(12)10-6-13-7-15-10/h2-7,11H,12H2,1H3. The van der Waals surface area contributed by atoms with Gasteiger partial charge in [-0.05, 0) is 17.7 Å². The van der Waals surface area contributed by atoms with Gasteiger partial charge in [0.1, 0.15) is 5.75 Å². The first-order valence-corrected chi connectivity index (χ1v) is 5.47. The zero-order valence-electron chi connectivity index (χ0n) is 8.38. The normalized spacial score (nSPS) is 12.4. The van der Waals surface area contributed by atoms with Crippen LogP contribution in [-0.2, 0) is 0 Å². The molecule has 0 aliphatic heterocycles. The minimum atomic E-state index is -0.0941. The SMILES string of the molecule is COc1ccc(C(N)c2cncs2)cc1. The van der Waals surface area contributed by atoms with Gasteiger partial charge in [0.2, 0.25) is 0 Å². The Bertz CT molecular complexity index is 411. The molecule has 78 valence electrons. The van der Waals surface area contributed by atoms with Gasteiger partial charge in [0, 0.05) is 11.1 Å². The lowest BCUT2D eigenvalue weighted by Gasteiger charge is -2.09. The van der Waals surface area contributed by atoms with Crippen LogP contribution in [0.2, 0.25) is 0 Å². The molecule has 1 atom stereocenters. The molecule has 0 spiro atoms. The van der Waals surface area contributed by atoms with Crippen LogP contribution >= 0.6 is 11.3 Å². The van der Waals surface area contributed by atoms with Crippen LogP contribution in [0.4, 0.5) is 0 Å². The van der Waals surface area contributed by atoms with Crippen LogP contribution in [0.5, 0.6) is 5.75 Å². The maximum absolute atomic E-state index is 6.08. The fourth-order valence-electron chi connectivity index (χ4n) is 1.35. The first kappa shape index (κ1) is 10.1. The first-order valence-electron chi connectivity index (χ1n) is 4.59. The molecule has 4 heteroatoms. The van der Waals surface area contributed by atoms with Crippen molar-refractivity contribution in [3.63, 3.8) is 0 Å². The van der Waals surface area contributed by atoms with Gasteiger partial charge in [0.05, 0.1) is 18.7 Å². The van der Waals surface area contributed by atoms with Gasteiger partial charge in [-0.1, -0.05) is 12.1 Å². The molecule has 0 saturated carbocycles. The smallest absolute Gasteiger partial charge is 0.118 e. The van der Waals surface area contributed by atoms with E-state index in [1.54, 1.807) is 30.2 Å². The van der Waals surface area contributed by atoms with Gasteiger partial charge in [-0.15, -0.1) is 11.3 Å². The van der Waals surface area contributed by atoms with Crippen LogP contribution in [-0.4, -0.2) is 12.1 Å². The first-order chi connectivity index (χ1) is 7.31. The van der Waals surface area contributed by atoms with Crippen molar-refractivity contribution in [3.8, 4) is 5.75 Å². The van der Waals surface area contributed by atoms with E-state index in [9.17, 15) is 0 Å². The second-order valence-electron chi connectivity index (χ2n) is 3.15. The molecule has 0 radical (unpaired) electrons. The molecule has 0 bridgehead atoms. The Hall–Kier alpha value is -1.39. The number of thiazole rings is 1. The molecule has 0 aliphatic carbocycles. The molecule has 2 aromatic rings. The second kappa shape index (κ2) is 4.42. The van der Waals surface area contributed by atoms with E-state index in [-0.39, 0.29) is 6.04 Å². The minimum Gasteiger partial charge on any atom is -0.497 e. The second-order valence-corrected chi connectivity index (χ2v) is 4.07. The number of nitrogens with zero attached hydrogens (tertiary/aromatic N) is 1. The Morgan fingerprint density at radius 2 is 2.07 bits per heavy atom. The van der Waals surface area contributed by atoms with E-state index in [2.05, 4.69) is 4.98 Å². The summed E-state index contributed by atoms with van der Waals surface area (Å²) < 4.78 is 5.09. The van der Waals surface area contributed by atoms with Gasteiger partial charge in [0.25, 0.3) is 0 Å². The Balaban J connectivity index is 2.22. The lowest BCUT2D eigenvalue weighted by atomic mass is 10.1. The molecule has 3 nitrogen and oxygen atoms in total. The molecule has 1 aromatic carbocycles. The summed E-state index contributed by atoms with van der Waals surface area (Å²) >= 11 is 1.57. The van der Waals surface area contributed by atoms with Crippen LogP contribution in [0.15, 0.2) is 36.0 Å². The summed E-state index contributed by atoms with van der Waals surface area (Å²) in [6.07, 6.45) is 1.81. The average molecular weight is 220 g/mol. The number of methoxy groups -OCH3 is 1. The van der Waals surface area contributed by atoms with Crippen molar-refractivity contribution in [1.29, 1.82) is 0 Å². The van der Waals surface area contributed by atoms with Gasteiger partial charge in [-0.25, -0.2) is 0 Å². The monoisotopic (exact) mass is 220 g/mol. The highest BCUT2D eigenvalue weighted by Crippen LogP contribution is 2.23. The number of hydrogen-bond donors (Lipinski definition) is 1. The molecule has 0 amide bonds. The summed E-state index contributed by atoms with van der Waals surface area (Å²) in [7, 11) is 1.65. The highest BCUT2D eigenvalue weighted by atomic mass is 32.1. The lowest BCUT2D eigenvalue weighted by molar-refractivity contribution is 0.414. The summed E-state index contributed by atoms with van der Waals surface area (Å²) in [5, 5.41) is 0. The highest BCUT2D eigenvalue weighted by molar-refractivity contribution is 7.09. The van der Waals surface area contributed by atoms with E-state index in [0.29, 0.717) is 0 Å². The molecule has 0 fully saturated rings. The van der Waals surface area contributed by atoms with Crippen LogP contribution in [0.1, 0.15) is 16.5 Å². The van der Waals surface area contributed by atoms with Crippen LogP contribution in [0.3, 0.4) is 0 Å². The molecule has 1 aromatic heterocycles. The number of rotatable bonds is 3. The van der Waals surface area contributed by atoms with Crippen LogP contribution < -0.4 is 10.5 Å². The van der Waals surface area contributed by atoms with Crippen molar-refractivity contribution in [2.45, 2.75) is 6.04 Å². The van der Waals surface area contributed by atoms with E-state index in [1.807, 2.05) is 24.3 Å². The van der Waals surface area contributed by atoms with Gasteiger partial charge in [-0.3, -0.25) is 4.98 Å². The molecule has 2 N–H and O–H groups in total. The Morgan fingerprint density at radius 1 is 1.33 bits per heavy atom. The fraction of sp³-hybridized carbons (Fsp3) is 0.182. The van der Waals surface area contributed by atoms with Crippen molar-refractivity contribution in [2.75, 3.05) is 7.11 Å². The third kappa shape index (κ3) is 2.16. The largest absolute Gasteiger partial charge is 0.497 e. The van der Waals surface area contributed by atoms with E-state index >= 15 is 0 Å². The van der Waals surface area contributed by atoms with E-state index in [0.717, 1.165) is 16.2 Å². The molecular weight excluding hydrogens is 208 g/mol. The minimum absolute atomic E-state index is 0.0941. The molecule has 1 heterocycles. The zero-order chi connectivity index (χ0) is 10.7. The Labute approximate surface area is 92.5 Å². The Morgan fingerprint density at radius 3 is 2.60 bits per heavy atom. The van der Waals surface area contributed by atoms with Crippen molar-refractivity contribution < 1.29 is 4.74 Å². The molecule has 2 rings (SSSR count). The van der Waals surface area contributed by atoms with Gasteiger partial charge in [0.15, 0.2) is 0 Å². The van der Waals surface area contributed by atoms with Crippen molar-refractivity contribution in [1.82, 2.24) is 4.98 Å². The van der Waals surface area contributed by atoms with Crippen molar-refractivity contribution in [2.24, 2.45) is 5.73 Å². The maximum Gasteiger partial charge on any atom is 0.118 e. The summed E-state index contributed by atoms with van der Waals surface area (Å²) in [5.41, 5.74) is 8.94. The number of ether oxygens (including phenoxy) is 1. The van der Waals surface area contributed by atoms with E-state index in [4.69, 9.17) is 10.5 Å². The summed E-state index contributed by atoms with van der Waals surface area (Å²) in [5.74, 6) is 0.843. The molecular formula is C11H12N2OS. The number of aromatic nitrogens is 1. The third-order valence-corrected chi connectivity index (χ3v) is 3.09. The number of nitrogens with two attached hydrogens (primary N) is 1. The van der Waals surface area contributed by atoms with Crippen molar-refractivity contribution in [3.05, 3.63) is 46.4 Å². The number of hydrogen-bond acceptors (Lipinski definition) is 4. The summed E-state index contributed by atoms with van der Waals surface area (Å²) in [4.78, 5) is 5.09. The third-order valence-electron chi connectivity index (χ3n) is 2.23. The zero-order valence-corrected chi connectivity index (χ0v) is 9.20. The summed E-state index contributed by atoms with van der Waals surface area (Å²) in [6.45, 7) is 0. The Kier molecular flexibility index (Phi) is 2.99. The molecule has 0 saturated heterocycles. The number of benzene rings is 1. The van der Waals surface area contributed by atoms with Gasteiger partial charge >= 0.3 is 0 Å². The van der Waals surface area contributed by atoms with Crippen LogP contribution in [0.25, 0.3) is 0 Å².